The van der Waals surface area contributed by atoms with Crippen molar-refractivity contribution in [1.82, 2.24) is 5.32 Å². The second-order valence-electron chi connectivity index (χ2n) is 6.77. The number of hydrogen-bond acceptors (Lipinski definition) is 4. The van der Waals surface area contributed by atoms with Gasteiger partial charge >= 0.3 is 0 Å². The fourth-order valence-electron chi connectivity index (χ4n) is 3.35. The van der Waals surface area contributed by atoms with E-state index in [1.54, 1.807) is 18.2 Å². The van der Waals surface area contributed by atoms with E-state index < -0.39 is 0 Å². The predicted molar refractivity (Wildman–Crippen MR) is 106 cm³/mol. The molecule has 0 bridgehead atoms. The van der Waals surface area contributed by atoms with Crippen molar-refractivity contribution in [3.05, 3.63) is 57.6 Å². The van der Waals surface area contributed by atoms with Crippen LogP contribution in [-0.2, 0) is 4.79 Å². The molecule has 0 aliphatic carbocycles. The standard InChI is InChI=1S/C22H24N2O4/c1-13-8-9-14(2)19-17(13)12-15(21(25)24-19)10-11-23-22(26)16-6-5-7-18(27-3)20(16)28-4/h5-9,12,15H,10-11H2,1-4H3,(H,23,26). The number of ether oxygens (including phenoxy) is 2. The number of nitrogens with zero attached hydrogens (tertiary/aromatic N) is 1. The van der Waals surface area contributed by atoms with E-state index in [1.165, 1.54) is 14.2 Å². The summed E-state index contributed by atoms with van der Waals surface area (Å²) in [6, 6.07) is 9.14. The minimum absolute atomic E-state index is 0.172. The van der Waals surface area contributed by atoms with Gasteiger partial charge in [0.05, 0.1) is 31.1 Å². The molecule has 6 nitrogen and oxygen atoms in total. The molecule has 2 aromatic carbocycles. The summed E-state index contributed by atoms with van der Waals surface area (Å²) in [6.45, 7) is 4.31. The van der Waals surface area contributed by atoms with Crippen LogP contribution in [0.5, 0.6) is 11.5 Å². The van der Waals surface area contributed by atoms with Crippen molar-refractivity contribution >= 4 is 17.9 Å². The Morgan fingerprint density at radius 3 is 2.57 bits per heavy atom. The summed E-state index contributed by atoms with van der Waals surface area (Å²) in [5.41, 5.74) is 2.47. The van der Waals surface area contributed by atoms with Gasteiger partial charge in [0, 0.05) is 11.8 Å². The number of nitrogens with one attached hydrogen (secondary N) is 1. The molecule has 2 amide bonds. The highest BCUT2D eigenvalue weighted by Crippen LogP contribution is 2.30. The largest absolute Gasteiger partial charge is 0.493 e. The summed E-state index contributed by atoms with van der Waals surface area (Å²) in [7, 11) is 3.02. The minimum atomic E-state index is -0.347. The lowest BCUT2D eigenvalue weighted by atomic mass is 9.97. The van der Waals surface area contributed by atoms with Gasteiger partial charge in [-0.05, 0) is 43.5 Å². The molecule has 1 atom stereocenters. The van der Waals surface area contributed by atoms with Crippen molar-refractivity contribution in [2.24, 2.45) is 10.9 Å². The molecule has 3 rings (SSSR count). The maximum atomic E-state index is 12.5. The van der Waals surface area contributed by atoms with E-state index in [0.29, 0.717) is 30.0 Å². The molecule has 6 heteroatoms. The van der Waals surface area contributed by atoms with Crippen LogP contribution in [0.25, 0.3) is 6.08 Å². The molecular formula is C22H24N2O4. The van der Waals surface area contributed by atoms with Crippen LogP contribution in [-0.4, -0.2) is 32.6 Å². The number of carbonyl (C=O) groups excluding carboxylic acids is 2. The van der Waals surface area contributed by atoms with Crippen molar-refractivity contribution in [2.45, 2.75) is 20.3 Å². The van der Waals surface area contributed by atoms with Crippen LogP contribution in [0.3, 0.4) is 0 Å². The first-order chi connectivity index (χ1) is 13.5. The van der Waals surface area contributed by atoms with Gasteiger partial charge in [-0.1, -0.05) is 24.3 Å². The zero-order valence-electron chi connectivity index (χ0n) is 16.5. The van der Waals surface area contributed by atoms with Crippen molar-refractivity contribution in [3.63, 3.8) is 0 Å². The number of methoxy groups -OCH3 is 2. The van der Waals surface area contributed by atoms with Crippen LogP contribution in [0.4, 0.5) is 0 Å². The Bertz CT molecular complexity index is 1040. The highest BCUT2D eigenvalue weighted by atomic mass is 16.5. The zero-order valence-corrected chi connectivity index (χ0v) is 16.5. The van der Waals surface area contributed by atoms with Gasteiger partial charge in [0.25, 0.3) is 11.8 Å². The molecule has 2 aromatic rings. The third kappa shape index (κ3) is 3.76. The van der Waals surface area contributed by atoms with Crippen molar-refractivity contribution in [3.8, 4) is 11.5 Å². The zero-order chi connectivity index (χ0) is 20.3. The second kappa shape index (κ2) is 8.25. The summed E-state index contributed by atoms with van der Waals surface area (Å²) in [4.78, 5) is 29.2. The number of rotatable bonds is 6. The number of carbonyl (C=O) groups is 2. The first kappa shape index (κ1) is 19.6. The molecular weight excluding hydrogens is 356 g/mol. The molecule has 146 valence electrons. The van der Waals surface area contributed by atoms with E-state index in [4.69, 9.17) is 9.47 Å². The second-order valence-corrected chi connectivity index (χ2v) is 6.77. The average Bonchev–Trinajstić information content (AvgIpc) is 2.70. The third-order valence-corrected chi connectivity index (χ3v) is 4.93. The van der Waals surface area contributed by atoms with Gasteiger partial charge in [-0.15, -0.1) is 0 Å². The number of aryl methyl sites for hydroxylation is 2. The lowest BCUT2D eigenvalue weighted by molar-refractivity contribution is -0.120. The first-order valence-electron chi connectivity index (χ1n) is 9.16. The number of para-hydroxylation sites is 1. The molecule has 1 N–H and O–H groups in total. The lowest BCUT2D eigenvalue weighted by Gasteiger charge is -2.15. The summed E-state index contributed by atoms with van der Waals surface area (Å²) < 4.78 is 10.5. The molecule has 0 spiro atoms. The van der Waals surface area contributed by atoms with Crippen LogP contribution in [0.1, 0.15) is 27.9 Å². The fraction of sp³-hybridized carbons (Fsp3) is 0.318. The molecule has 1 heterocycles. The predicted octanol–water partition coefficient (Wildman–Crippen LogP) is 1.70. The van der Waals surface area contributed by atoms with E-state index in [0.717, 1.165) is 21.7 Å². The smallest absolute Gasteiger partial charge is 0.255 e. The number of amides is 2. The van der Waals surface area contributed by atoms with Gasteiger partial charge in [0.15, 0.2) is 11.5 Å². The van der Waals surface area contributed by atoms with Crippen LogP contribution < -0.4 is 25.4 Å². The van der Waals surface area contributed by atoms with E-state index in [1.807, 2.05) is 32.1 Å². The minimum Gasteiger partial charge on any atom is -0.493 e. The Balaban J connectivity index is 1.72. The number of benzene rings is 2. The van der Waals surface area contributed by atoms with Crippen molar-refractivity contribution < 1.29 is 19.1 Å². The fourth-order valence-corrected chi connectivity index (χ4v) is 3.35. The highest BCUT2D eigenvalue weighted by molar-refractivity contribution is 5.97. The van der Waals surface area contributed by atoms with Crippen LogP contribution in [0, 0.1) is 19.8 Å². The summed E-state index contributed by atoms with van der Waals surface area (Å²) in [6.07, 6.45) is 2.44. The number of fused-ring (bicyclic) bond motifs is 1. The Labute approximate surface area is 163 Å². The molecule has 28 heavy (non-hydrogen) atoms. The average molecular weight is 380 g/mol. The Kier molecular flexibility index (Phi) is 5.78. The van der Waals surface area contributed by atoms with Gasteiger partial charge in [0.2, 0.25) is 0 Å². The molecule has 1 unspecified atom stereocenters. The maximum Gasteiger partial charge on any atom is 0.255 e. The van der Waals surface area contributed by atoms with Crippen molar-refractivity contribution in [2.75, 3.05) is 20.8 Å². The SMILES string of the molecule is COc1cccc(C(=O)NCCC2C=c3c(C)ccc(C)c3=NC2=O)c1OC. The lowest BCUT2D eigenvalue weighted by Crippen LogP contribution is -2.38. The molecule has 1 aliphatic rings. The normalized spacial score (nSPS) is 15.1. The van der Waals surface area contributed by atoms with Crippen LogP contribution in [0.15, 0.2) is 35.3 Å². The third-order valence-electron chi connectivity index (χ3n) is 4.93. The molecule has 0 radical (unpaired) electrons. The van der Waals surface area contributed by atoms with E-state index >= 15 is 0 Å². The van der Waals surface area contributed by atoms with Gasteiger partial charge in [-0.3, -0.25) is 9.59 Å². The molecule has 1 aliphatic heterocycles. The summed E-state index contributed by atoms with van der Waals surface area (Å²) >= 11 is 0. The topological polar surface area (TPSA) is 77.0 Å². The first-order valence-corrected chi connectivity index (χ1v) is 9.16. The van der Waals surface area contributed by atoms with Gasteiger partial charge in [-0.25, -0.2) is 4.99 Å². The van der Waals surface area contributed by atoms with E-state index in [2.05, 4.69) is 10.3 Å². The van der Waals surface area contributed by atoms with Gasteiger partial charge < -0.3 is 14.8 Å². The quantitative estimate of drug-likeness (QED) is 0.828. The summed E-state index contributed by atoms with van der Waals surface area (Å²) in [5.74, 6) is 0.0864. The van der Waals surface area contributed by atoms with Crippen LogP contribution >= 0.6 is 0 Å². The Morgan fingerprint density at radius 2 is 1.86 bits per heavy atom. The molecule has 0 aromatic heterocycles. The maximum absolute atomic E-state index is 12.5. The monoisotopic (exact) mass is 380 g/mol. The van der Waals surface area contributed by atoms with Crippen LogP contribution in [0.2, 0.25) is 0 Å². The molecule has 0 fully saturated rings. The Morgan fingerprint density at radius 1 is 1.11 bits per heavy atom. The molecule has 0 saturated carbocycles. The van der Waals surface area contributed by atoms with E-state index in [-0.39, 0.29) is 17.7 Å². The highest BCUT2D eigenvalue weighted by Gasteiger charge is 2.21. The summed E-state index contributed by atoms with van der Waals surface area (Å²) in [5, 5.41) is 4.62. The Hall–Kier alpha value is -3.15. The van der Waals surface area contributed by atoms with Gasteiger partial charge in [-0.2, -0.15) is 0 Å². The van der Waals surface area contributed by atoms with E-state index in [9.17, 15) is 9.59 Å². The van der Waals surface area contributed by atoms with Crippen molar-refractivity contribution in [1.29, 1.82) is 0 Å². The number of hydrogen-bond donors (Lipinski definition) is 1. The van der Waals surface area contributed by atoms with Gasteiger partial charge in [0.1, 0.15) is 0 Å². The molecule has 0 saturated heterocycles.